The first-order valence-electron chi connectivity index (χ1n) is 8.89. The normalized spacial score (nSPS) is 10.8. The average molecular weight is 449 g/mol. The lowest BCUT2D eigenvalue weighted by atomic mass is 10.1. The smallest absolute Gasteiger partial charge is 0.322 e. The Kier molecular flexibility index (Phi) is 6.34. The molecule has 7 nitrogen and oxygen atoms in total. The number of nitrogens with zero attached hydrogens (tertiary/aromatic N) is 1. The van der Waals surface area contributed by atoms with Crippen molar-refractivity contribution in [1.29, 1.82) is 0 Å². The molecule has 156 valence electrons. The molecule has 0 radical (unpaired) electrons. The summed E-state index contributed by atoms with van der Waals surface area (Å²) in [5.74, 6) is -1.57. The molecule has 0 saturated carbocycles. The van der Waals surface area contributed by atoms with E-state index in [0.29, 0.717) is 38.5 Å². The van der Waals surface area contributed by atoms with Crippen LogP contribution in [0.4, 0.5) is 0 Å². The summed E-state index contributed by atoms with van der Waals surface area (Å²) in [7, 11) is 1.47. The lowest BCUT2D eigenvalue weighted by molar-refractivity contribution is -0.137. The minimum Gasteiger partial charge on any atom is -0.495 e. The van der Waals surface area contributed by atoms with Crippen molar-refractivity contribution in [1.82, 2.24) is 9.88 Å². The number of halogens is 2. The van der Waals surface area contributed by atoms with Gasteiger partial charge in [-0.05, 0) is 48.9 Å². The molecule has 9 heteroatoms. The molecule has 1 aromatic heterocycles. The van der Waals surface area contributed by atoms with Crippen molar-refractivity contribution in [2.45, 2.75) is 13.3 Å². The number of aliphatic carboxylic acids is 1. The Labute approximate surface area is 182 Å². The number of amides is 1. The molecule has 3 aromatic rings. The molecule has 0 bridgehead atoms. The fourth-order valence-corrected chi connectivity index (χ4v) is 3.75. The lowest BCUT2D eigenvalue weighted by Crippen LogP contribution is -2.30. The number of carbonyl (C=O) groups is 3. The van der Waals surface area contributed by atoms with Gasteiger partial charge in [-0.1, -0.05) is 23.2 Å². The van der Waals surface area contributed by atoms with Crippen LogP contribution >= 0.6 is 23.2 Å². The first-order valence-corrected chi connectivity index (χ1v) is 9.65. The van der Waals surface area contributed by atoms with E-state index >= 15 is 0 Å². The van der Waals surface area contributed by atoms with Crippen LogP contribution < -0.4 is 10.1 Å². The van der Waals surface area contributed by atoms with E-state index in [-0.39, 0.29) is 17.4 Å². The highest BCUT2D eigenvalue weighted by Crippen LogP contribution is 2.38. The molecule has 0 saturated heterocycles. The minimum absolute atomic E-state index is 0.149. The molecule has 30 heavy (non-hydrogen) atoms. The fourth-order valence-electron chi connectivity index (χ4n) is 3.27. The highest BCUT2D eigenvalue weighted by atomic mass is 35.5. The zero-order valence-electron chi connectivity index (χ0n) is 16.2. The number of benzene rings is 2. The largest absolute Gasteiger partial charge is 0.495 e. The number of carbonyl (C=O) groups excluding carboxylic acids is 2. The van der Waals surface area contributed by atoms with Gasteiger partial charge in [0.2, 0.25) is 5.91 Å². The van der Waals surface area contributed by atoms with Crippen LogP contribution in [-0.4, -0.2) is 41.1 Å². The van der Waals surface area contributed by atoms with Gasteiger partial charge in [0, 0.05) is 21.7 Å². The van der Waals surface area contributed by atoms with Crippen LogP contribution in [0.5, 0.6) is 5.75 Å². The minimum atomic E-state index is -1.15. The zero-order chi connectivity index (χ0) is 22.0. The molecule has 0 aliphatic carbocycles. The highest BCUT2D eigenvalue weighted by molar-refractivity contribution is 6.37. The number of carboxylic acid groups (broad SMARTS) is 1. The van der Waals surface area contributed by atoms with Crippen molar-refractivity contribution in [3.05, 3.63) is 63.3 Å². The molecular formula is C21H18Cl2N2O5. The third-order valence-electron chi connectivity index (χ3n) is 4.69. The Balaban J connectivity index is 2.16. The number of nitrogens with one attached hydrogen (secondary N) is 1. The predicted octanol–water partition coefficient (Wildman–Crippen LogP) is 3.70. The summed E-state index contributed by atoms with van der Waals surface area (Å²) in [6.07, 6.45) is -0.149. The van der Waals surface area contributed by atoms with Gasteiger partial charge in [0.1, 0.15) is 12.3 Å². The third-order valence-corrected chi connectivity index (χ3v) is 5.31. The van der Waals surface area contributed by atoms with Crippen molar-refractivity contribution >= 4 is 51.9 Å². The second-order valence-electron chi connectivity index (χ2n) is 6.53. The zero-order valence-corrected chi connectivity index (χ0v) is 17.7. The van der Waals surface area contributed by atoms with Crippen molar-refractivity contribution in [3.8, 4) is 5.75 Å². The molecule has 0 unspecified atom stereocenters. The van der Waals surface area contributed by atoms with Crippen molar-refractivity contribution in [3.63, 3.8) is 0 Å². The van der Waals surface area contributed by atoms with Crippen LogP contribution in [0.25, 0.3) is 10.9 Å². The summed E-state index contributed by atoms with van der Waals surface area (Å²) in [5, 5.41) is 12.4. The van der Waals surface area contributed by atoms with Crippen molar-refractivity contribution < 1.29 is 24.2 Å². The van der Waals surface area contributed by atoms with Crippen LogP contribution in [-0.2, 0) is 16.0 Å². The summed E-state index contributed by atoms with van der Waals surface area (Å²) in [6, 6.07) is 9.79. The Hall–Kier alpha value is -3.03. The van der Waals surface area contributed by atoms with E-state index in [1.54, 1.807) is 43.3 Å². The number of rotatable bonds is 6. The fraction of sp³-hybridized carbons (Fsp3) is 0.190. The predicted molar refractivity (Wildman–Crippen MR) is 114 cm³/mol. The topological polar surface area (TPSA) is 97.6 Å². The maximum atomic E-state index is 13.2. The molecule has 1 amide bonds. The monoisotopic (exact) mass is 448 g/mol. The van der Waals surface area contributed by atoms with Crippen LogP contribution in [0.3, 0.4) is 0 Å². The summed E-state index contributed by atoms with van der Waals surface area (Å²) in [5.41, 5.74) is 1.96. The summed E-state index contributed by atoms with van der Waals surface area (Å²) < 4.78 is 6.76. The molecule has 0 atom stereocenters. The van der Waals surface area contributed by atoms with Gasteiger partial charge >= 0.3 is 5.97 Å². The van der Waals surface area contributed by atoms with E-state index in [4.69, 9.17) is 33.0 Å². The van der Waals surface area contributed by atoms with Crippen LogP contribution in [0.1, 0.15) is 21.6 Å². The standard InChI is InChI=1S/C21H18Cl2N2O5/c1-11-14(9-17(26)24-10-18(27)28)19-15(7-8-16(30-2)20(19)23)25(11)21(29)12-3-5-13(22)6-4-12/h3-8H,9-10H2,1-2H3,(H,24,26)(H,27,28). The van der Waals surface area contributed by atoms with Gasteiger partial charge < -0.3 is 15.2 Å². The Morgan fingerprint density at radius 2 is 1.77 bits per heavy atom. The molecule has 2 N–H and O–H groups in total. The van der Waals surface area contributed by atoms with E-state index in [2.05, 4.69) is 5.32 Å². The average Bonchev–Trinajstić information content (AvgIpc) is 2.99. The second kappa shape index (κ2) is 8.77. The number of carboxylic acids is 1. The van der Waals surface area contributed by atoms with Crippen LogP contribution in [0.2, 0.25) is 10.0 Å². The first kappa shape index (κ1) is 21.7. The summed E-state index contributed by atoms with van der Waals surface area (Å²) in [4.78, 5) is 36.3. The molecule has 0 fully saturated rings. The third kappa shape index (κ3) is 4.13. The van der Waals surface area contributed by atoms with Crippen molar-refractivity contribution in [2.24, 2.45) is 0 Å². The summed E-state index contributed by atoms with van der Waals surface area (Å²) >= 11 is 12.4. The molecule has 0 aliphatic heterocycles. The molecule has 3 rings (SSSR count). The SMILES string of the molecule is COc1ccc2c(c1Cl)c(CC(=O)NCC(=O)O)c(C)n2C(=O)c1ccc(Cl)cc1. The number of aromatic nitrogens is 1. The number of fused-ring (bicyclic) bond motifs is 1. The van der Waals surface area contributed by atoms with Crippen LogP contribution in [0.15, 0.2) is 36.4 Å². The van der Waals surface area contributed by atoms with E-state index in [1.165, 1.54) is 11.7 Å². The molecule has 0 spiro atoms. The highest BCUT2D eigenvalue weighted by Gasteiger charge is 2.24. The van der Waals surface area contributed by atoms with E-state index in [9.17, 15) is 14.4 Å². The van der Waals surface area contributed by atoms with Gasteiger partial charge in [-0.3, -0.25) is 19.0 Å². The van der Waals surface area contributed by atoms with E-state index in [0.717, 1.165) is 0 Å². The Morgan fingerprint density at radius 1 is 1.10 bits per heavy atom. The Morgan fingerprint density at radius 3 is 2.37 bits per heavy atom. The maximum Gasteiger partial charge on any atom is 0.322 e. The van der Waals surface area contributed by atoms with Gasteiger partial charge in [0.05, 0.1) is 24.1 Å². The number of hydrogen-bond donors (Lipinski definition) is 2. The van der Waals surface area contributed by atoms with Gasteiger partial charge in [0.15, 0.2) is 0 Å². The number of ether oxygens (including phenoxy) is 1. The number of methoxy groups -OCH3 is 1. The van der Waals surface area contributed by atoms with Crippen LogP contribution in [0, 0.1) is 6.92 Å². The maximum absolute atomic E-state index is 13.2. The van der Waals surface area contributed by atoms with Crippen molar-refractivity contribution in [2.75, 3.05) is 13.7 Å². The molecular weight excluding hydrogens is 431 g/mol. The quantitative estimate of drug-likeness (QED) is 0.598. The molecule has 1 heterocycles. The van der Waals surface area contributed by atoms with E-state index in [1.807, 2.05) is 0 Å². The second-order valence-corrected chi connectivity index (χ2v) is 7.35. The molecule has 0 aliphatic rings. The number of hydrogen-bond acceptors (Lipinski definition) is 4. The lowest BCUT2D eigenvalue weighted by Gasteiger charge is -2.08. The Bertz CT molecular complexity index is 1150. The van der Waals surface area contributed by atoms with Gasteiger partial charge in [0.25, 0.3) is 5.91 Å². The van der Waals surface area contributed by atoms with Gasteiger partial charge in [-0.25, -0.2) is 0 Å². The van der Waals surface area contributed by atoms with Gasteiger partial charge in [-0.2, -0.15) is 0 Å². The first-order chi connectivity index (χ1) is 14.2. The summed E-state index contributed by atoms with van der Waals surface area (Å²) in [6.45, 7) is 1.20. The van der Waals surface area contributed by atoms with Gasteiger partial charge in [-0.15, -0.1) is 0 Å². The molecule has 2 aromatic carbocycles. The van der Waals surface area contributed by atoms with E-state index < -0.39 is 18.4 Å².